The van der Waals surface area contributed by atoms with Crippen molar-refractivity contribution in [2.45, 2.75) is 53.4 Å². The molecule has 30 heavy (non-hydrogen) atoms. The van der Waals surface area contributed by atoms with E-state index in [9.17, 15) is 14.4 Å². The summed E-state index contributed by atoms with van der Waals surface area (Å²) in [5, 5.41) is 2.65. The van der Waals surface area contributed by atoms with Gasteiger partial charge in [0.25, 0.3) is 11.8 Å². The van der Waals surface area contributed by atoms with Crippen LogP contribution >= 0.6 is 0 Å². The summed E-state index contributed by atoms with van der Waals surface area (Å²) in [5.41, 5.74) is 4.02. The van der Waals surface area contributed by atoms with Crippen molar-refractivity contribution < 1.29 is 19.1 Å². The molecule has 0 unspecified atom stereocenters. The lowest BCUT2D eigenvalue weighted by Gasteiger charge is -2.25. The number of fused-ring (bicyclic) bond motifs is 1. The fourth-order valence-electron chi connectivity index (χ4n) is 3.84. The number of imide groups is 1. The fourth-order valence-corrected chi connectivity index (χ4v) is 3.84. The maximum atomic E-state index is 13.6. The van der Waals surface area contributed by atoms with Crippen LogP contribution < -0.4 is 10.2 Å². The van der Waals surface area contributed by atoms with E-state index in [0.29, 0.717) is 16.9 Å². The lowest BCUT2D eigenvalue weighted by atomic mass is 9.92. The molecule has 1 aliphatic heterocycles. The third-order valence-electron chi connectivity index (χ3n) is 5.33. The van der Waals surface area contributed by atoms with Crippen LogP contribution in [0.5, 0.6) is 0 Å². The van der Waals surface area contributed by atoms with Crippen LogP contribution in [0.4, 0.5) is 16.2 Å². The summed E-state index contributed by atoms with van der Waals surface area (Å²) < 4.78 is 4.98. The Bertz CT molecular complexity index is 998. The van der Waals surface area contributed by atoms with E-state index in [0.717, 1.165) is 11.1 Å². The second kappa shape index (κ2) is 8.30. The van der Waals surface area contributed by atoms with E-state index in [2.05, 4.69) is 5.32 Å². The zero-order valence-electron chi connectivity index (χ0n) is 18.3. The first-order valence-corrected chi connectivity index (χ1v) is 10.3. The number of nitrogens with zero attached hydrogens (tertiary/aromatic N) is 1. The third kappa shape index (κ3) is 3.58. The highest BCUT2D eigenvalue weighted by molar-refractivity contribution is 6.37. The predicted octanol–water partition coefficient (Wildman–Crippen LogP) is 5.61. The summed E-state index contributed by atoms with van der Waals surface area (Å²) in [5.74, 6) is -0.554. The molecule has 0 aromatic heterocycles. The first-order chi connectivity index (χ1) is 14.2. The molecule has 0 saturated carbocycles. The molecule has 6 heteroatoms. The molecule has 1 N–H and O–H groups in total. The third-order valence-corrected chi connectivity index (χ3v) is 5.33. The summed E-state index contributed by atoms with van der Waals surface area (Å²) in [7, 11) is 0. The number of aryl methyl sites for hydroxylation is 1. The summed E-state index contributed by atoms with van der Waals surface area (Å²) in [6.07, 6.45) is -0.654. The highest BCUT2D eigenvalue weighted by Crippen LogP contribution is 2.41. The van der Waals surface area contributed by atoms with Crippen molar-refractivity contribution in [3.05, 3.63) is 58.1 Å². The van der Waals surface area contributed by atoms with Gasteiger partial charge in [-0.15, -0.1) is 0 Å². The van der Waals surface area contributed by atoms with Gasteiger partial charge in [0, 0.05) is 0 Å². The first kappa shape index (κ1) is 21.6. The maximum Gasteiger partial charge on any atom is 0.411 e. The Morgan fingerprint density at radius 3 is 2.13 bits per heavy atom. The molecular weight excluding hydrogens is 380 g/mol. The SMILES string of the molecule is CCOC(=O)Nc1c(C)ccc2c1C(=O)N(c1c(C(C)C)cccc1C(C)C)C2=O. The van der Waals surface area contributed by atoms with Crippen LogP contribution in [0.3, 0.4) is 0 Å². The molecule has 1 aliphatic rings. The van der Waals surface area contributed by atoms with Crippen LogP contribution in [0.2, 0.25) is 0 Å². The van der Waals surface area contributed by atoms with E-state index in [-0.39, 0.29) is 35.5 Å². The molecule has 3 amide bonds. The van der Waals surface area contributed by atoms with Crippen LogP contribution in [-0.4, -0.2) is 24.5 Å². The number of rotatable bonds is 5. The number of hydrogen-bond donors (Lipinski definition) is 1. The van der Waals surface area contributed by atoms with Gasteiger partial charge in [-0.3, -0.25) is 14.9 Å². The van der Waals surface area contributed by atoms with Crippen molar-refractivity contribution in [2.24, 2.45) is 0 Å². The molecule has 0 saturated heterocycles. The van der Waals surface area contributed by atoms with Gasteiger partial charge in [0.15, 0.2) is 0 Å². The van der Waals surface area contributed by atoms with Gasteiger partial charge >= 0.3 is 6.09 Å². The highest BCUT2D eigenvalue weighted by Gasteiger charge is 2.41. The van der Waals surface area contributed by atoms with Crippen LogP contribution in [-0.2, 0) is 4.74 Å². The van der Waals surface area contributed by atoms with Crippen LogP contribution in [0, 0.1) is 6.92 Å². The minimum absolute atomic E-state index is 0.127. The largest absolute Gasteiger partial charge is 0.450 e. The molecule has 6 nitrogen and oxygen atoms in total. The number of amides is 3. The molecule has 2 aromatic rings. The minimum Gasteiger partial charge on any atom is -0.450 e. The van der Waals surface area contributed by atoms with E-state index in [1.54, 1.807) is 26.0 Å². The first-order valence-electron chi connectivity index (χ1n) is 10.3. The summed E-state index contributed by atoms with van der Waals surface area (Å²) in [6.45, 7) is 11.9. The lowest BCUT2D eigenvalue weighted by Crippen LogP contribution is -2.32. The zero-order chi connectivity index (χ0) is 22.2. The number of ether oxygens (including phenoxy) is 1. The Morgan fingerprint density at radius 2 is 1.60 bits per heavy atom. The lowest BCUT2D eigenvalue weighted by molar-refractivity contribution is 0.0925. The molecule has 3 rings (SSSR count). The summed E-state index contributed by atoms with van der Waals surface area (Å²) in [4.78, 5) is 40.3. The molecule has 1 heterocycles. The van der Waals surface area contributed by atoms with E-state index in [4.69, 9.17) is 4.74 Å². The molecule has 0 bridgehead atoms. The predicted molar refractivity (Wildman–Crippen MR) is 118 cm³/mol. The van der Waals surface area contributed by atoms with E-state index >= 15 is 0 Å². The molecular formula is C24H28N2O4. The topological polar surface area (TPSA) is 75.7 Å². The van der Waals surface area contributed by atoms with Crippen molar-refractivity contribution in [3.63, 3.8) is 0 Å². The van der Waals surface area contributed by atoms with Gasteiger partial charge in [0.1, 0.15) is 0 Å². The smallest absolute Gasteiger partial charge is 0.411 e. The number of nitrogens with one attached hydrogen (secondary N) is 1. The average Bonchev–Trinajstić information content (AvgIpc) is 2.93. The molecule has 0 radical (unpaired) electrons. The Balaban J connectivity index is 2.19. The quantitative estimate of drug-likeness (QED) is 0.652. The molecule has 0 aliphatic carbocycles. The van der Waals surface area contributed by atoms with E-state index in [1.165, 1.54) is 4.90 Å². The van der Waals surface area contributed by atoms with Crippen LogP contribution in [0.25, 0.3) is 0 Å². The Hall–Kier alpha value is -3.15. The molecule has 0 spiro atoms. The van der Waals surface area contributed by atoms with Crippen LogP contribution in [0.15, 0.2) is 30.3 Å². The molecule has 0 atom stereocenters. The zero-order valence-corrected chi connectivity index (χ0v) is 18.3. The maximum absolute atomic E-state index is 13.6. The number of anilines is 2. The number of carbonyl (C=O) groups is 3. The van der Waals surface area contributed by atoms with Gasteiger partial charge in [-0.1, -0.05) is 52.0 Å². The summed E-state index contributed by atoms with van der Waals surface area (Å²) in [6, 6.07) is 9.25. The van der Waals surface area contributed by atoms with Crippen molar-refractivity contribution in [2.75, 3.05) is 16.8 Å². The number of carbonyl (C=O) groups excluding carboxylic acids is 3. The highest BCUT2D eigenvalue weighted by atomic mass is 16.5. The number of para-hydroxylation sites is 1. The molecule has 158 valence electrons. The summed E-state index contributed by atoms with van der Waals surface area (Å²) >= 11 is 0. The van der Waals surface area contributed by atoms with Gasteiger partial charge in [0.05, 0.1) is 29.1 Å². The Labute approximate surface area is 177 Å². The van der Waals surface area contributed by atoms with Crippen molar-refractivity contribution >= 4 is 29.3 Å². The Morgan fingerprint density at radius 1 is 1.00 bits per heavy atom. The standard InChI is InChI=1S/C24H28N2O4/c1-7-30-24(29)25-20-15(6)11-12-18-19(20)23(28)26(22(18)27)21-16(13(2)3)9-8-10-17(21)14(4)5/h8-14H,7H2,1-6H3,(H,25,29). The van der Waals surface area contributed by atoms with Gasteiger partial charge in [-0.25, -0.2) is 9.69 Å². The fraction of sp³-hybridized carbons (Fsp3) is 0.375. The van der Waals surface area contributed by atoms with Crippen LogP contribution in [0.1, 0.15) is 83.9 Å². The molecule has 2 aromatic carbocycles. The van der Waals surface area contributed by atoms with Gasteiger partial charge in [0.2, 0.25) is 0 Å². The van der Waals surface area contributed by atoms with Crippen molar-refractivity contribution in [1.29, 1.82) is 0 Å². The van der Waals surface area contributed by atoms with Gasteiger partial charge < -0.3 is 4.74 Å². The average molecular weight is 408 g/mol. The number of hydrogen-bond acceptors (Lipinski definition) is 4. The van der Waals surface area contributed by atoms with E-state index < -0.39 is 12.0 Å². The minimum atomic E-state index is -0.654. The number of benzene rings is 2. The van der Waals surface area contributed by atoms with Gasteiger partial charge in [-0.05, 0) is 48.4 Å². The monoisotopic (exact) mass is 408 g/mol. The Kier molecular flexibility index (Phi) is 5.97. The van der Waals surface area contributed by atoms with Gasteiger partial charge in [-0.2, -0.15) is 0 Å². The second-order valence-corrected chi connectivity index (χ2v) is 8.07. The second-order valence-electron chi connectivity index (χ2n) is 8.07. The van der Waals surface area contributed by atoms with Crippen molar-refractivity contribution in [1.82, 2.24) is 0 Å². The van der Waals surface area contributed by atoms with E-state index in [1.807, 2.05) is 45.9 Å². The molecule has 0 fully saturated rings. The van der Waals surface area contributed by atoms with Crippen molar-refractivity contribution in [3.8, 4) is 0 Å². The normalized spacial score (nSPS) is 13.3.